The Morgan fingerprint density at radius 1 is 0.529 bits per heavy atom. The largest absolute Gasteiger partial charge is 0.480 e. The normalized spacial score (nSPS) is 14.3. The number of aromatic amines is 1. The van der Waals surface area contributed by atoms with Crippen LogP contribution in [0.5, 0.6) is 0 Å². The molecule has 0 saturated heterocycles. The van der Waals surface area contributed by atoms with Crippen LogP contribution in [0.3, 0.4) is 0 Å². The van der Waals surface area contributed by atoms with E-state index in [9.17, 15) is 57.9 Å². The fraction of sp³-hybridized carbons (Fsp3) is 0.237. The van der Waals surface area contributed by atoms with Gasteiger partial charge < -0.3 is 28.7 Å². The lowest BCUT2D eigenvalue weighted by atomic mass is 9.96. The third-order valence-electron chi connectivity index (χ3n) is 18.9. The summed E-state index contributed by atoms with van der Waals surface area (Å²) in [6, 6.07) is 45.5. The summed E-state index contributed by atoms with van der Waals surface area (Å²) in [5.74, 6) is -2.22. The topological polar surface area (TPSA) is 218 Å². The molecule has 15 nitrogen and oxygen atoms in total. The minimum absolute atomic E-state index is 0.0203. The molecule has 104 heavy (non-hydrogen) atoms. The highest BCUT2D eigenvalue weighted by Gasteiger charge is 2.32. The van der Waals surface area contributed by atoms with Gasteiger partial charge in [0.15, 0.2) is 29.5 Å². The number of nitrogens with one attached hydrogen (secondary N) is 1. The van der Waals surface area contributed by atoms with Gasteiger partial charge in [0, 0.05) is 93.7 Å². The fourth-order valence-corrected chi connectivity index (χ4v) is 21.0. The van der Waals surface area contributed by atoms with Crippen molar-refractivity contribution in [3.63, 3.8) is 0 Å². The molecule has 5 aromatic heterocycles. The lowest BCUT2D eigenvalue weighted by Crippen LogP contribution is -2.26. The summed E-state index contributed by atoms with van der Waals surface area (Å²) in [7, 11) is -8.21. The zero-order valence-electron chi connectivity index (χ0n) is 57.8. The van der Waals surface area contributed by atoms with Crippen LogP contribution in [-0.4, -0.2) is 92.4 Å². The van der Waals surface area contributed by atoms with E-state index in [1.807, 2.05) is 87.9 Å². The number of carboxylic acids is 1. The Balaban J connectivity index is 0.000000128. The van der Waals surface area contributed by atoms with Gasteiger partial charge in [-0.3, -0.25) is 9.59 Å². The quantitative estimate of drug-likeness (QED) is 0.116. The van der Waals surface area contributed by atoms with Crippen molar-refractivity contribution in [3.8, 4) is 0 Å². The number of nitrogens with zero attached hydrogens (tertiary/aromatic N) is 2. The lowest BCUT2D eigenvalue weighted by molar-refractivity contribution is -0.155. The number of rotatable bonds is 11. The summed E-state index contributed by atoms with van der Waals surface area (Å²) >= 11 is 6.88. The first-order valence-electron chi connectivity index (χ1n) is 33.3. The Morgan fingerprint density at radius 2 is 0.952 bits per heavy atom. The number of hydrogen-bond donors (Lipinski definition) is 2. The number of aromatic nitrogens is 3. The minimum atomic E-state index is -3.23. The predicted octanol–water partition coefficient (Wildman–Crippen LogP) is 17.3. The van der Waals surface area contributed by atoms with Crippen LogP contribution in [0.25, 0.3) is 52.9 Å². The van der Waals surface area contributed by atoms with Crippen molar-refractivity contribution in [1.29, 1.82) is 0 Å². The maximum Gasteiger partial charge on any atom is 0.338 e. The molecule has 538 valence electrons. The number of carbonyl (C=O) groups excluding carboxylic acids is 2. The second-order valence-electron chi connectivity index (χ2n) is 26.6. The molecule has 0 amide bonds. The second-order valence-corrected chi connectivity index (χ2v) is 35.6. The van der Waals surface area contributed by atoms with Crippen molar-refractivity contribution < 1.29 is 67.4 Å². The molecule has 0 radical (unpaired) electrons. The van der Waals surface area contributed by atoms with Crippen LogP contribution >= 0.6 is 38.6 Å². The highest BCUT2D eigenvalue weighted by Crippen LogP contribution is 2.38. The molecule has 8 aromatic carbocycles. The van der Waals surface area contributed by atoms with Gasteiger partial charge in [-0.15, -0.1) is 22.7 Å². The number of aryl methyl sites for hydroxylation is 1. The summed E-state index contributed by atoms with van der Waals surface area (Å²) in [6.07, 6.45) is 3.01. The number of carboxylic acid groups (broad SMARTS) is 1. The van der Waals surface area contributed by atoms with Gasteiger partial charge in [0.1, 0.15) is 36.1 Å². The zero-order chi connectivity index (χ0) is 74.3. The molecule has 0 saturated carbocycles. The summed E-state index contributed by atoms with van der Waals surface area (Å²) in [5, 5.41) is 17.8. The Kier molecular flexibility index (Phi) is 21.6. The van der Waals surface area contributed by atoms with Crippen LogP contribution in [0.4, 0.5) is 13.2 Å². The van der Waals surface area contributed by atoms with E-state index in [1.54, 1.807) is 87.9 Å². The van der Waals surface area contributed by atoms with Crippen LogP contribution in [0, 0.1) is 38.2 Å². The molecular formula is C80H73BrF3N3O12S5. The van der Waals surface area contributed by atoms with E-state index in [0.29, 0.717) is 69.7 Å². The number of halogens is 4. The van der Waals surface area contributed by atoms with Crippen LogP contribution in [0.15, 0.2) is 188 Å². The van der Waals surface area contributed by atoms with Gasteiger partial charge in [-0.2, -0.15) is 0 Å². The number of ether oxygens (including phenoxy) is 2. The highest BCUT2D eigenvalue weighted by atomic mass is 79.9. The van der Waals surface area contributed by atoms with Crippen molar-refractivity contribution in [3.05, 3.63) is 263 Å². The fourth-order valence-electron chi connectivity index (χ4n) is 14.0. The average Bonchev–Trinajstić information content (AvgIpc) is 1.61. The van der Waals surface area contributed by atoms with E-state index in [0.717, 1.165) is 99.0 Å². The van der Waals surface area contributed by atoms with Gasteiger partial charge in [-0.1, -0.05) is 64.5 Å². The minimum Gasteiger partial charge on any atom is -0.480 e. The van der Waals surface area contributed by atoms with Crippen molar-refractivity contribution in [1.82, 2.24) is 14.1 Å². The van der Waals surface area contributed by atoms with Crippen LogP contribution in [0.1, 0.15) is 98.3 Å². The molecule has 0 aliphatic carbocycles. The predicted molar refractivity (Wildman–Crippen MR) is 407 cm³/mol. The van der Waals surface area contributed by atoms with E-state index in [-0.39, 0.29) is 53.9 Å². The van der Waals surface area contributed by atoms with E-state index < -0.39 is 46.9 Å². The standard InChI is InChI=1S/C24H26FNO4S.C20H18FNO4S.C18H16FNO2S.C10H8O2S.C8H5BrS/c1-15-19(12-16-6-5-7-22-18(16)10-11-31(22,28)29)20-13-17(25)8-9-21(20)26(15)14-23(27)30-24(2,3)4;1-12-16(9-13-3-2-4-19-15(13)7-8-27(19,25)26)17-10-14(21)5-6-18(17)22(12)11-20(23)24;1-11-15(16-10-13(19)5-6-17(16)20-11)9-12-3-2-4-18-14(12)7-8-23(18,21)22;1-12-10(11)8-3-2-4-9-7(8)5-6-13-9;9-7-2-1-3-8-6(7)4-5-10-8/h5-9,13H,10-12,14H2,1-4H3;2-6,10H,7-9,11H2,1H3,(H,23,24);2-6,10,20H,7-9H2,1H3;2-6H,1H3;1-5H. The molecule has 3 aliphatic heterocycles. The molecule has 24 heteroatoms. The molecule has 16 rings (SSSR count). The maximum absolute atomic E-state index is 14.1. The zero-order valence-corrected chi connectivity index (χ0v) is 63.5. The second kappa shape index (κ2) is 30.1. The van der Waals surface area contributed by atoms with Crippen LogP contribution in [-0.2, 0) is 100 Å². The van der Waals surface area contributed by atoms with Gasteiger partial charge in [0.25, 0.3) is 0 Å². The number of esters is 2. The Labute approximate surface area is 616 Å². The molecule has 3 aliphatic rings. The molecule has 8 heterocycles. The maximum atomic E-state index is 14.1. The SMILES string of the molecule is Brc1cccc2sccc12.COC(=O)c1cccc2sccc12.Cc1[nH]c2ccc(F)cc2c1Cc1cccc2c1CCS2(=O)=O.Cc1c(Cc2cccc3c2CCS3(=O)=O)c2cc(F)ccc2n1CC(=O)O.Cc1c(Cc2cccc3c2CCS3(=O)=O)c2cc(F)ccc2n1CC(=O)OC(C)(C)C. The first-order valence-corrected chi connectivity index (χ1v) is 40.8. The summed E-state index contributed by atoms with van der Waals surface area (Å²) < 4.78 is 132. The van der Waals surface area contributed by atoms with E-state index in [1.165, 1.54) is 58.1 Å². The number of methoxy groups -OCH3 is 1. The number of benzene rings is 8. The number of fused-ring (bicyclic) bond motifs is 8. The molecule has 0 spiro atoms. The Hall–Kier alpha value is -9.17. The number of sulfone groups is 3. The third-order valence-corrected chi connectivity index (χ3v) is 26.8. The van der Waals surface area contributed by atoms with E-state index in [2.05, 4.69) is 55.3 Å². The van der Waals surface area contributed by atoms with Gasteiger partial charge in [-0.05, 0) is 231 Å². The molecule has 0 fully saturated rings. The van der Waals surface area contributed by atoms with Crippen LogP contribution in [0.2, 0.25) is 0 Å². The third kappa shape index (κ3) is 15.8. The first-order chi connectivity index (χ1) is 49.4. The smallest absolute Gasteiger partial charge is 0.338 e. The number of H-pyrrole nitrogens is 1. The van der Waals surface area contributed by atoms with Gasteiger partial charge in [0.05, 0.1) is 44.6 Å². The molecule has 2 N–H and O–H groups in total. The Morgan fingerprint density at radius 3 is 1.41 bits per heavy atom. The van der Waals surface area contributed by atoms with Crippen molar-refractivity contribution in [2.45, 2.75) is 113 Å². The first kappa shape index (κ1) is 74.5. The summed E-state index contributed by atoms with van der Waals surface area (Å²) in [4.78, 5) is 39.6. The van der Waals surface area contributed by atoms with Gasteiger partial charge >= 0.3 is 17.9 Å². The van der Waals surface area contributed by atoms with Gasteiger partial charge in [-0.25, -0.2) is 43.2 Å². The van der Waals surface area contributed by atoms with Crippen LogP contribution < -0.4 is 0 Å². The summed E-state index contributed by atoms with van der Waals surface area (Å²) in [6.45, 7) is 10.9. The highest BCUT2D eigenvalue weighted by molar-refractivity contribution is 9.10. The van der Waals surface area contributed by atoms with Crippen molar-refractivity contribution >= 4 is 139 Å². The number of hydrogen-bond acceptors (Lipinski definition) is 13. The average molecular weight is 1570 g/mol. The summed E-state index contributed by atoms with van der Waals surface area (Å²) in [5.41, 5.74) is 13.0. The molecule has 0 bridgehead atoms. The lowest BCUT2D eigenvalue weighted by Gasteiger charge is -2.20. The van der Waals surface area contributed by atoms with E-state index >= 15 is 0 Å². The molecule has 13 aromatic rings. The number of aliphatic carboxylic acids is 1. The number of carbonyl (C=O) groups is 3. The van der Waals surface area contributed by atoms with Gasteiger partial charge in [0.2, 0.25) is 0 Å². The Bertz CT molecular complexity index is 5930. The van der Waals surface area contributed by atoms with E-state index in [4.69, 9.17) is 4.74 Å². The monoisotopic (exact) mass is 1560 g/mol. The van der Waals surface area contributed by atoms with Crippen molar-refractivity contribution in [2.75, 3.05) is 24.4 Å². The molecule has 0 unspecified atom stereocenters. The number of thiophene rings is 2. The van der Waals surface area contributed by atoms with Crippen molar-refractivity contribution in [2.24, 2.45) is 0 Å². The molecular weight excluding hydrogens is 1490 g/mol. The molecule has 0 atom stereocenters.